The zero-order valence-corrected chi connectivity index (χ0v) is 17.4. The summed E-state index contributed by atoms with van der Waals surface area (Å²) in [6.07, 6.45) is 0. The molecular weight excluding hydrogens is 396 g/mol. The molecule has 2 rings (SSSR count). The first-order valence-corrected chi connectivity index (χ1v) is 10.5. The van der Waals surface area contributed by atoms with Gasteiger partial charge in [0.05, 0.1) is 17.6 Å². The van der Waals surface area contributed by atoms with Crippen LogP contribution >= 0.6 is 0 Å². The van der Waals surface area contributed by atoms with Gasteiger partial charge in [-0.15, -0.1) is 0 Å². The van der Waals surface area contributed by atoms with Crippen LogP contribution in [0.5, 0.6) is 5.75 Å². The third kappa shape index (κ3) is 5.78. The summed E-state index contributed by atoms with van der Waals surface area (Å²) in [5.41, 5.74) is 0.693. The molecule has 0 aliphatic carbocycles. The smallest absolute Gasteiger partial charge is 0.338 e. The highest BCUT2D eigenvalue weighted by Gasteiger charge is 2.22. The molecule has 2 aromatic carbocycles. The van der Waals surface area contributed by atoms with Crippen molar-refractivity contribution in [1.82, 2.24) is 4.31 Å². The molecule has 2 aromatic rings. The summed E-state index contributed by atoms with van der Waals surface area (Å²) in [5, 5.41) is 2.60. The summed E-state index contributed by atoms with van der Waals surface area (Å²) in [5.74, 6) is -0.563. The summed E-state index contributed by atoms with van der Waals surface area (Å²) < 4.78 is 36.3. The maximum atomic E-state index is 12.5. The van der Waals surface area contributed by atoms with Gasteiger partial charge in [-0.25, -0.2) is 13.2 Å². The molecule has 0 aromatic heterocycles. The molecule has 0 saturated heterocycles. The molecule has 8 nitrogen and oxygen atoms in total. The predicted octanol–water partition coefficient (Wildman–Crippen LogP) is 2.52. The molecule has 0 unspecified atom stereocenters. The third-order valence-electron chi connectivity index (χ3n) is 4.14. The normalized spacial score (nSPS) is 11.2. The monoisotopic (exact) mass is 420 g/mol. The maximum Gasteiger partial charge on any atom is 0.338 e. The molecule has 0 bridgehead atoms. The van der Waals surface area contributed by atoms with Crippen LogP contribution in [0.3, 0.4) is 0 Å². The van der Waals surface area contributed by atoms with Crippen molar-refractivity contribution < 1.29 is 27.5 Å². The highest BCUT2D eigenvalue weighted by Crippen LogP contribution is 2.17. The summed E-state index contributed by atoms with van der Waals surface area (Å²) in [4.78, 5) is 24.1. The SMILES string of the molecule is CCN(CC)S(=O)(=O)c1ccc(C(=O)OCC(=O)Nc2ccc(OC)cc2)cc1. The number of esters is 1. The average molecular weight is 420 g/mol. The van der Waals surface area contributed by atoms with Crippen molar-refractivity contribution in [2.75, 3.05) is 32.1 Å². The molecule has 1 N–H and O–H groups in total. The van der Waals surface area contributed by atoms with Gasteiger partial charge in [0.1, 0.15) is 5.75 Å². The van der Waals surface area contributed by atoms with Crippen molar-refractivity contribution in [1.29, 1.82) is 0 Å². The zero-order valence-electron chi connectivity index (χ0n) is 16.5. The van der Waals surface area contributed by atoms with Gasteiger partial charge in [-0.05, 0) is 48.5 Å². The van der Waals surface area contributed by atoms with Gasteiger partial charge in [0.25, 0.3) is 5.91 Å². The number of methoxy groups -OCH3 is 1. The molecule has 1 amide bonds. The Bertz CT molecular complexity index is 936. The Morgan fingerprint density at radius 3 is 2.07 bits per heavy atom. The molecule has 0 fully saturated rings. The van der Waals surface area contributed by atoms with Crippen molar-refractivity contribution in [3.05, 3.63) is 54.1 Å². The number of rotatable bonds is 9. The number of hydrogen-bond donors (Lipinski definition) is 1. The van der Waals surface area contributed by atoms with Crippen LogP contribution in [-0.2, 0) is 19.6 Å². The summed E-state index contributed by atoms with van der Waals surface area (Å²) >= 11 is 0. The van der Waals surface area contributed by atoms with Crippen molar-refractivity contribution in [2.24, 2.45) is 0 Å². The standard InChI is InChI=1S/C20H24N2O6S/c1-4-22(5-2)29(25,26)18-12-6-15(7-13-18)20(24)28-14-19(23)21-16-8-10-17(27-3)11-9-16/h6-13H,4-5,14H2,1-3H3,(H,21,23). The lowest BCUT2D eigenvalue weighted by atomic mass is 10.2. The Morgan fingerprint density at radius 2 is 1.55 bits per heavy atom. The van der Waals surface area contributed by atoms with Gasteiger partial charge in [0.15, 0.2) is 6.61 Å². The van der Waals surface area contributed by atoms with Crippen molar-refractivity contribution in [3.8, 4) is 5.75 Å². The topological polar surface area (TPSA) is 102 Å². The first kappa shape index (κ1) is 22.4. The van der Waals surface area contributed by atoms with E-state index >= 15 is 0 Å². The van der Waals surface area contributed by atoms with Gasteiger partial charge in [0.2, 0.25) is 10.0 Å². The van der Waals surface area contributed by atoms with Gasteiger partial charge in [-0.3, -0.25) is 4.79 Å². The highest BCUT2D eigenvalue weighted by molar-refractivity contribution is 7.89. The zero-order chi connectivity index (χ0) is 21.4. The Labute approximate surface area is 170 Å². The Kier molecular flexibility index (Phi) is 7.74. The van der Waals surface area contributed by atoms with Crippen molar-refractivity contribution in [2.45, 2.75) is 18.7 Å². The van der Waals surface area contributed by atoms with Crippen LogP contribution in [0.1, 0.15) is 24.2 Å². The summed E-state index contributed by atoms with van der Waals surface area (Å²) in [6.45, 7) is 3.75. The van der Waals surface area contributed by atoms with Crippen LogP contribution in [0.15, 0.2) is 53.4 Å². The summed E-state index contributed by atoms with van der Waals surface area (Å²) in [7, 11) is -2.06. The third-order valence-corrected chi connectivity index (χ3v) is 6.21. The highest BCUT2D eigenvalue weighted by atomic mass is 32.2. The van der Waals surface area contributed by atoms with E-state index < -0.39 is 28.5 Å². The number of nitrogens with zero attached hydrogens (tertiary/aromatic N) is 1. The molecule has 0 saturated carbocycles. The van der Waals surface area contributed by atoms with Crippen molar-refractivity contribution in [3.63, 3.8) is 0 Å². The fourth-order valence-electron chi connectivity index (χ4n) is 2.56. The first-order valence-electron chi connectivity index (χ1n) is 9.03. The van der Waals surface area contributed by atoms with Gasteiger partial charge < -0.3 is 14.8 Å². The van der Waals surface area contributed by atoms with Crippen LogP contribution in [0, 0.1) is 0 Å². The van der Waals surface area contributed by atoms with Gasteiger partial charge in [0, 0.05) is 18.8 Å². The van der Waals surface area contributed by atoms with E-state index in [1.54, 1.807) is 45.2 Å². The first-order chi connectivity index (χ1) is 13.8. The number of anilines is 1. The van der Waals surface area contributed by atoms with Crippen LogP contribution < -0.4 is 10.1 Å². The molecule has 0 aliphatic rings. The molecule has 0 aliphatic heterocycles. The van der Waals surface area contributed by atoms with E-state index in [2.05, 4.69) is 5.32 Å². The molecule has 29 heavy (non-hydrogen) atoms. The molecule has 0 spiro atoms. The van der Waals surface area contributed by atoms with Crippen LogP contribution in [0.2, 0.25) is 0 Å². The second-order valence-electron chi connectivity index (χ2n) is 5.97. The van der Waals surface area contributed by atoms with E-state index in [0.717, 1.165) is 0 Å². The van der Waals surface area contributed by atoms with Gasteiger partial charge in [-0.2, -0.15) is 4.31 Å². The average Bonchev–Trinajstić information content (AvgIpc) is 2.73. The number of nitrogens with one attached hydrogen (secondary N) is 1. The number of hydrogen-bond acceptors (Lipinski definition) is 6. The maximum absolute atomic E-state index is 12.5. The van der Waals surface area contributed by atoms with Crippen LogP contribution in [-0.4, -0.2) is 51.4 Å². The van der Waals surface area contributed by atoms with E-state index in [-0.39, 0.29) is 10.5 Å². The molecular formula is C20H24N2O6S. The number of amides is 1. The molecule has 0 atom stereocenters. The number of ether oxygens (including phenoxy) is 2. The second-order valence-corrected chi connectivity index (χ2v) is 7.90. The van der Waals surface area contributed by atoms with E-state index in [1.165, 1.54) is 28.6 Å². The van der Waals surface area contributed by atoms with E-state index in [4.69, 9.17) is 9.47 Å². The number of carbonyl (C=O) groups excluding carboxylic acids is 2. The fourth-order valence-corrected chi connectivity index (χ4v) is 4.02. The predicted molar refractivity (Wildman–Crippen MR) is 108 cm³/mol. The number of benzene rings is 2. The van der Waals surface area contributed by atoms with Crippen LogP contribution in [0.4, 0.5) is 5.69 Å². The Balaban J connectivity index is 1.94. The summed E-state index contributed by atoms with van der Waals surface area (Å²) in [6, 6.07) is 12.1. The minimum atomic E-state index is -3.60. The van der Waals surface area contributed by atoms with Crippen LogP contribution in [0.25, 0.3) is 0 Å². The Hall–Kier alpha value is -2.91. The van der Waals surface area contributed by atoms with Crippen molar-refractivity contribution >= 4 is 27.6 Å². The van der Waals surface area contributed by atoms with Gasteiger partial charge >= 0.3 is 5.97 Å². The molecule has 156 valence electrons. The largest absolute Gasteiger partial charge is 0.497 e. The quantitative estimate of drug-likeness (QED) is 0.626. The second kappa shape index (κ2) is 10.0. The number of carbonyl (C=O) groups is 2. The number of sulfonamides is 1. The van der Waals surface area contributed by atoms with Gasteiger partial charge in [-0.1, -0.05) is 13.8 Å². The van der Waals surface area contributed by atoms with E-state index in [1.807, 2.05) is 0 Å². The van der Waals surface area contributed by atoms with E-state index in [9.17, 15) is 18.0 Å². The minimum absolute atomic E-state index is 0.0926. The molecule has 0 heterocycles. The Morgan fingerprint density at radius 1 is 0.966 bits per heavy atom. The lowest BCUT2D eigenvalue weighted by Gasteiger charge is -2.18. The fraction of sp³-hybridized carbons (Fsp3) is 0.300. The molecule has 0 radical (unpaired) electrons. The van der Waals surface area contributed by atoms with E-state index in [0.29, 0.717) is 24.5 Å². The lowest BCUT2D eigenvalue weighted by Crippen LogP contribution is -2.30. The minimum Gasteiger partial charge on any atom is -0.497 e. The molecule has 9 heteroatoms. The lowest BCUT2D eigenvalue weighted by molar-refractivity contribution is -0.119.